The topological polar surface area (TPSA) is 38.3 Å². The second-order valence-electron chi connectivity index (χ2n) is 6.34. The highest BCUT2D eigenvalue weighted by molar-refractivity contribution is 5.85. The van der Waals surface area contributed by atoms with Gasteiger partial charge in [0.05, 0.1) is 6.61 Å². The fraction of sp³-hybridized carbons (Fsp3) is 0.611. The molecule has 0 spiro atoms. The molecular weight excluding hydrogens is 262 g/mol. The summed E-state index contributed by atoms with van der Waals surface area (Å²) in [6, 6.07) is 8.22. The number of anilines is 1. The van der Waals surface area contributed by atoms with Crippen molar-refractivity contribution in [3.63, 3.8) is 0 Å². The first-order chi connectivity index (χ1) is 9.99. The van der Waals surface area contributed by atoms with Crippen LogP contribution in [0.3, 0.4) is 0 Å². The quantitative estimate of drug-likeness (QED) is 0.846. The van der Waals surface area contributed by atoms with Gasteiger partial charge in [0.15, 0.2) is 0 Å². The Hall–Kier alpha value is -1.51. The van der Waals surface area contributed by atoms with Crippen molar-refractivity contribution in [3.05, 3.63) is 29.8 Å². The molecular formula is C18H27NO2. The van der Waals surface area contributed by atoms with Crippen LogP contribution in [0.15, 0.2) is 24.3 Å². The molecule has 3 heteroatoms. The van der Waals surface area contributed by atoms with Gasteiger partial charge in [0.2, 0.25) is 0 Å². The molecule has 3 atom stereocenters. The van der Waals surface area contributed by atoms with Gasteiger partial charge in [-0.3, -0.25) is 0 Å². The van der Waals surface area contributed by atoms with Crippen LogP contribution in [0, 0.1) is 18.8 Å². The number of ether oxygens (including phenoxy) is 1. The standard InChI is InChI=1S/C18H27NO2/c1-5-21-17(20)18(12-6-7-14(3)15(18)4)19-16-10-8-13(2)9-11-16/h8-11,14-15,19H,5-7,12H2,1-4H3. The molecule has 1 N–H and O–H groups in total. The molecule has 1 fully saturated rings. The van der Waals surface area contributed by atoms with Crippen LogP contribution < -0.4 is 5.32 Å². The smallest absolute Gasteiger partial charge is 0.332 e. The van der Waals surface area contributed by atoms with Gasteiger partial charge in [0.25, 0.3) is 0 Å². The molecule has 1 aromatic carbocycles. The Morgan fingerprint density at radius 2 is 2.00 bits per heavy atom. The SMILES string of the molecule is CCOC(=O)C1(Nc2ccc(C)cc2)CCCC(C)C1C. The highest BCUT2D eigenvalue weighted by Gasteiger charge is 2.48. The number of hydrogen-bond acceptors (Lipinski definition) is 3. The van der Waals surface area contributed by atoms with E-state index >= 15 is 0 Å². The average Bonchev–Trinajstić information content (AvgIpc) is 2.46. The molecule has 0 amide bonds. The molecule has 116 valence electrons. The maximum atomic E-state index is 12.7. The number of nitrogens with one attached hydrogen (secondary N) is 1. The van der Waals surface area contributed by atoms with E-state index in [1.807, 2.05) is 19.1 Å². The predicted octanol–water partition coefficient (Wildman–Crippen LogP) is 4.16. The summed E-state index contributed by atoms with van der Waals surface area (Å²) in [5.41, 5.74) is 1.62. The number of esters is 1. The molecule has 0 radical (unpaired) electrons. The van der Waals surface area contributed by atoms with Crippen molar-refractivity contribution in [2.24, 2.45) is 11.8 Å². The first kappa shape index (κ1) is 15.9. The third-order valence-corrected chi connectivity index (χ3v) is 4.92. The molecule has 3 unspecified atom stereocenters. The molecule has 0 saturated heterocycles. The molecule has 1 aliphatic carbocycles. The van der Waals surface area contributed by atoms with Crippen molar-refractivity contribution < 1.29 is 9.53 Å². The van der Waals surface area contributed by atoms with E-state index in [0.717, 1.165) is 18.5 Å². The van der Waals surface area contributed by atoms with E-state index in [4.69, 9.17) is 4.74 Å². The number of benzene rings is 1. The van der Waals surface area contributed by atoms with Crippen molar-refractivity contribution in [3.8, 4) is 0 Å². The van der Waals surface area contributed by atoms with E-state index in [2.05, 4.69) is 38.2 Å². The predicted molar refractivity (Wildman–Crippen MR) is 86.3 cm³/mol. The number of rotatable bonds is 4. The Balaban J connectivity index is 2.31. The second kappa shape index (κ2) is 6.50. The van der Waals surface area contributed by atoms with Crippen molar-refractivity contribution >= 4 is 11.7 Å². The van der Waals surface area contributed by atoms with Crippen LogP contribution in [-0.2, 0) is 9.53 Å². The van der Waals surface area contributed by atoms with Crippen molar-refractivity contribution in [1.82, 2.24) is 0 Å². The minimum atomic E-state index is -0.594. The Morgan fingerprint density at radius 3 is 2.62 bits per heavy atom. The molecule has 3 nitrogen and oxygen atoms in total. The minimum absolute atomic E-state index is 0.107. The third kappa shape index (κ3) is 3.22. The average molecular weight is 289 g/mol. The Morgan fingerprint density at radius 1 is 1.33 bits per heavy atom. The zero-order valence-electron chi connectivity index (χ0n) is 13.6. The molecule has 0 aromatic heterocycles. The van der Waals surface area contributed by atoms with E-state index in [1.54, 1.807) is 0 Å². The first-order valence-electron chi connectivity index (χ1n) is 8.01. The minimum Gasteiger partial charge on any atom is -0.464 e. The normalized spacial score (nSPS) is 29.0. The molecule has 1 aromatic rings. The summed E-state index contributed by atoms with van der Waals surface area (Å²) in [6.07, 6.45) is 3.08. The number of carbonyl (C=O) groups excluding carboxylic acids is 1. The van der Waals surface area contributed by atoms with Gasteiger partial charge in [-0.15, -0.1) is 0 Å². The number of aryl methyl sites for hydroxylation is 1. The second-order valence-corrected chi connectivity index (χ2v) is 6.34. The summed E-state index contributed by atoms with van der Waals surface area (Å²) in [6.45, 7) is 8.76. The Labute approximate surface area is 128 Å². The number of hydrogen-bond donors (Lipinski definition) is 1. The van der Waals surface area contributed by atoms with E-state index in [-0.39, 0.29) is 11.9 Å². The Bertz CT molecular complexity index is 482. The van der Waals surface area contributed by atoms with Gasteiger partial charge in [-0.2, -0.15) is 0 Å². The molecule has 1 aliphatic rings. The van der Waals surface area contributed by atoms with Crippen molar-refractivity contribution in [2.75, 3.05) is 11.9 Å². The Kier molecular flexibility index (Phi) is 4.92. The van der Waals surface area contributed by atoms with E-state index in [1.165, 1.54) is 12.0 Å². The van der Waals surface area contributed by atoms with Gasteiger partial charge in [-0.1, -0.05) is 44.4 Å². The fourth-order valence-electron chi connectivity index (χ4n) is 3.34. The van der Waals surface area contributed by atoms with Crippen LogP contribution in [0.5, 0.6) is 0 Å². The lowest BCUT2D eigenvalue weighted by Gasteiger charge is -2.44. The molecule has 0 heterocycles. The summed E-state index contributed by atoms with van der Waals surface area (Å²) >= 11 is 0. The molecule has 21 heavy (non-hydrogen) atoms. The van der Waals surface area contributed by atoms with Gasteiger partial charge in [0, 0.05) is 5.69 Å². The summed E-state index contributed by atoms with van der Waals surface area (Å²) in [7, 11) is 0. The van der Waals surface area contributed by atoms with Crippen LogP contribution in [0.1, 0.15) is 45.6 Å². The molecule has 1 saturated carbocycles. The lowest BCUT2D eigenvalue weighted by atomic mass is 9.68. The third-order valence-electron chi connectivity index (χ3n) is 4.92. The largest absolute Gasteiger partial charge is 0.464 e. The van der Waals surface area contributed by atoms with Crippen LogP contribution in [0.25, 0.3) is 0 Å². The summed E-state index contributed by atoms with van der Waals surface area (Å²) in [5.74, 6) is 0.664. The summed E-state index contributed by atoms with van der Waals surface area (Å²) in [5, 5.41) is 3.51. The summed E-state index contributed by atoms with van der Waals surface area (Å²) < 4.78 is 5.40. The highest BCUT2D eigenvalue weighted by Crippen LogP contribution is 2.40. The van der Waals surface area contributed by atoms with E-state index < -0.39 is 5.54 Å². The van der Waals surface area contributed by atoms with Gasteiger partial charge in [0.1, 0.15) is 5.54 Å². The van der Waals surface area contributed by atoms with E-state index in [0.29, 0.717) is 12.5 Å². The van der Waals surface area contributed by atoms with Gasteiger partial charge in [-0.05, 0) is 44.2 Å². The highest BCUT2D eigenvalue weighted by atomic mass is 16.5. The van der Waals surface area contributed by atoms with E-state index in [9.17, 15) is 4.79 Å². The van der Waals surface area contributed by atoms with Crippen molar-refractivity contribution in [2.45, 2.75) is 52.5 Å². The van der Waals surface area contributed by atoms with Gasteiger partial charge < -0.3 is 10.1 Å². The maximum absolute atomic E-state index is 12.7. The summed E-state index contributed by atoms with van der Waals surface area (Å²) in [4.78, 5) is 12.7. The maximum Gasteiger partial charge on any atom is 0.332 e. The fourth-order valence-corrected chi connectivity index (χ4v) is 3.34. The number of carbonyl (C=O) groups is 1. The van der Waals surface area contributed by atoms with Gasteiger partial charge >= 0.3 is 5.97 Å². The van der Waals surface area contributed by atoms with Crippen LogP contribution in [0.4, 0.5) is 5.69 Å². The molecule has 0 bridgehead atoms. The van der Waals surface area contributed by atoms with Gasteiger partial charge in [-0.25, -0.2) is 4.79 Å². The molecule has 0 aliphatic heterocycles. The zero-order valence-corrected chi connectivity index (χ0v) is 13.6. The molecule has 2 rings (SSSR count). The van der Waals surface area contributed by atoms with Crippen LogP contribution in [0.2, 0.25) is 0 Å². The first-order valence-corrected chi connectivity index (χ1v) is 8.01. The van der Waals surface area contributed by atoms with Crippen LogP contribution in [-0.4, -0.2) is 18.1 Å². The van der Waals surface area contributed by atoms with Crippen LogP contribution >= 0.6 is 0 Å². The van der Waals surface area contributed by atoms with Crippen molar-refractivity contribution in [1.29, 1.82) is 0 Å². The monoisotopic (exact) mass is 289 g/mol. The lowest BCUT2D eigenvalue weighted by Crippen LogP contribution is -2.56. The zero-order chi connectivity index (χ0) is 15.5. The lowest BCUT2D eigenvalue weighted by molar-refractivity contribution is -0.152.